The molecule has 8 nitrogen and oxygen atoms in total. The van der Waals surface area contributed by atoms with Crippen molar-refractivity contribution in [2.75, 3.05) is 33.8 Å². The van der Waals surface area contributed by atoms with Crippen LogP contribution in [0.25, 0.3) is 11.1 Å². The van der Waals surface area contributed by atoms with Crippen LogP contribution in [0, 0.1) is 5.92 Å². The Labute approximate surface area is 200 Å². The number of carboxylic acids is 1. The number of nitrogens with zero attached hydrogens (tertiary/aromatic N) is 1. The van der Waals surface area contributed by atoms with Crippen LogP contribution in [0.3, 0.4) is 0 Å². The number of fused-ring (bicyclic) bond motifs is 3. The Morgan fingerprint density at radius 3 is 2.15 bits per heavy atom. The van der Waals surface area contributed by atoms with Crippen molar-refractivity contribution in [1.82, 2.24) is 15.5 Å². The van der Waals surface area contributed by atoms with Gasteiger partial charge in [-0.05, 0) is 42.8 Å². The number of aliphatic carboxylic acids is 1. The van der Waals surface area contributed by atoms with E-state index in [2.05, 4.69) is 22.8 Å². The van der Waals surface area contributed by atoms with Gasteiger partial charge in [-0.1, -0.05) is 61.9 Å². The Hall–Kier alpha value is -3.39. The van der Waals surface area contributed by atoms with Crippen LogP contribution in [-0.2, 0) is 14.3 Å². The average Bonchev–Trinajstić information content (AvgIpc) is 3.13. The van der Waals surface area contributed by atoms with E-state index in [0.717, 1.165) is 22.3 Å². The van der Waals surface area contributed by atoms with Crippen molar-refractivity contribution in [3.63, 3.8) is 0 Å². The zero-order chi connectivity index (χ0) is 24.7. The lowest BCUT2D eigenvalue weighted by molar-refractivity contribution is -0.142. The number of ether oxygens (including phenoxy) is 1. The molecule has 1 unspecified atom stereocenters. The summed E-state index contributed by atoms with van der Waals surface area (Å²) >= 11 is 0. The largest absolute Gasteiger partial charge is 0.481 e. The quantitative estimate of drug-likeness (QED) is 0.469. The predicted octanol–water partition coefficient (Wildman–Crippen LogP) is 3.07. The van der Waals surface area contributed by atoms with Gasteiger partial charge in [0.15, 0.2) is 0 Å². The van der Waals surface area contributed by atoms with Crippen LogP contribution in [0.15, 0.2) is 48.5 Å². The highest BCUT2D eigenvalue weighted by atomic mass is 16.5. The zero-order valence-corrected chi connectivity index (χ0v) is 19.9. The summed E-state index contributed by atoms with van der Waals surface area (Å²) in [7, 11) is 3.58. The Bertz CT molecular complexity index is 978. The molecule has 0 saturated heterocycles. The lowest BCUT2D eigenvalue weighted by Gasteiger charge is -2.23. The summed E-state index contributed by atoms with van der Waals surface area (Å²) in [6.07, 6.45) is 0.479. The summed E-state index contributed by atoms with van der Waals surface area (Å²) in [5.74, 6) is -2.13. The lowest BCUT2D eigenvalue weighted by atomic mass is 9.98. The van der Waals surface area contributed by atoms with Crippen molar-refractivity contribution < 1.29 is 24.2 Å². The van der Waals surface area contributed by atoms with E-state index in [9.17, 15) is 19.5 Å². The second-order valence-electron chi connectivity index (χ2n) is 8.85. The molecule has 2 amide bonds. The molecule has 2 aromatic rings. The van der Waals surface area contributed by atoms with E-state index in [4.69, 9.17) is 4.74 Å². The standard InChI is InChI=1S/C26H33N3O5/c1-4-9-17(25(31)32)14-27-24(30)23(15-29(2)3)28-26(33)34-16-22-20-12-7-5-10-18(20)19-11-6-8-13-21(19)22/h5-8,10-13,17,22-23H,4,9,14-16H2,1-3H3,(H,27,30)(H,28,33)(H,31,32)/t17?,23-/m0/s1. The van der Waals surface area contributed by atoms with Crippen molar-refractivity contribution >= 4 is 18.0 Å². The van der Waals surface area contributed by atoms with Crippen molar-refractivity contribution in [3.05, 3.63) is 59.7 Å². The van der Waals surface area contributed by atoms with Crippen LogP contribution in [0.5, 0.6) is 0 Å². The number of carbonyl (C=O) groups excluding carboxylic acids is 2. The fraction of sp³-hybridized carbons (Fsp3) is 0.423. The molecule has 0 heterocycles. The smallest absolute Gasteiger partial charge is 0.407 e. The molecule has 2 atom stereocenters. The molecule has 0 saturated carbocycles. The lowest BCUT2D eigenvalue weighted by Crippen LogP contribution is -2.52. The minimum Gasteiger partial charge on any atom is -0.481 e. The molecule has 1 aliphatic carbocycles. The van der Waals surface area contributed by atoms with Gasteiger partial charge in [0.25, 0.3) is 0 Å². The van der Waals surface area contributed by atoms with E-state index in [-0.39, 0.29) is 25.6 Å². The molecule has 3 rings (SSSR count). The number of hydrogen-bond donors (Lipinski definition) is 3. The van der Waals surface area contributed by atoms with Crippen LogP contribution in [0.4, 0.5) is 4.79 Å². The number of hydrogen-bond acceptors (Lipinski definition) is 5. The third-order valence-corrected chi connectivity index (χ3v) is 6.01. The van der Waals surface area contributed by atoms with Crippen LogP contribution < -0.4 is 10.6 Å². The van der Waals surface area contributed by atoms with Gasteiger partial charge in [-0.3, -0.25) is 9.59 Å². The topological polar surface area (TPSA) is 108 Å². The first kappa shape index (κ1) is 25.2. The van der Waals surface area contributed by atoms with Gasteiger partial charge in [-0.15, -0.1) is 0 Å². The van der Waals surface area contributed by atoms with Gasteiger partial charge < -0.3 is 25.4 Å². The number of nitrogens with one attached hydrogen (secondary N) is 2. The first-order valence-corrected chi connectivity index (χ1v) is 11.6. The molecular weight excluding hydrogens is 434 g/mol. The molecule has 0 aromatic heterocycles. The summed E-state index contributed by atoms with van der Waals surface area (Å²) in [6.45, 7) is 2.30. The first-order valence-electron chi connectivity index (χ1n) is 11.6. The SMILES string of the molecule is CCCC(CNC(=O)[C@H](CN(C)C)NC(=O)OCC1c2ccccc2-c2ccccc21)C(=O)O. The summed E-state index contributed by atoms with van der Waals surface area (Å²) < 4.78 is 5.56. The highest BCUT2D eigenvalue weighted by Gasteiger charge is 2.30. The normalized spacial score (nSPS) is 14.1. The molecule has 3 N–H and O–H groups in total. The molecule has 0 bridgehead atoms. The van der Waals surface area contributed by atoms with Gasteiger partial charge in [0.2, 0.25) is 5.91 Å². The second-order valence-corrected chi connectivity index (χ2v) is 8.85. The monoisotopic (exact) mass is 467 g/mol. The summed E-state index contributed by atoms with van der Waals surface area (Å²) in [4.78, 5) is 38.5. The van der Waals surface area contributed by atoms with Gasteiger partial charge in [0, 0.05) is 19.0 Å². The number of carboxylic acid groups (broad SMARTS) is 1. The Morgan fingerprint density at radius 2 is 1.62 bits per heavy atom. The minimum absolute atomic E-state index is 0.0122. The number of carbonyl (C=O) groups is 3. The molecule has 1 aliphatic rings. The Balaban J connectivity index is 1.62. The van der Waals surface area contributed by atoms with E-state index < -0.39 is 29.9 Å². The van der Waals surface area contributed by atoms with Crippen LogP contribution in [0.2, 0.25) is 0 Å². The van der Waals surface area contributed by atoms with Crippen LogP contribution in [0.1, 0.15) is 36.8 Å². The fourth-order valence-electron chi connectivity index (χ4n) is 4.35. The molecule has 34 heavy (non-hydrogen) atoms. The Morgan fingerprint density at radius 1 is 1.03 bits per heavy atom. The van der Waals surface area contributed by atoms with Crippen molar-refractivity contribution in [3.8, 4) is 11.1 Å². The summed E-state index contributed by atoms with van der Waals surface area (Å²) in [6, 6.07) is 15.3. The van der Waals surface area contributed by atoms with E-state index in [1.165, 1.54) is 0 Å². The molecule has 0 fully saturated rings. The zero-order valence-electron chi connectivity index (χ0n) is 19.9. The van der Waals surface area contributed by atoms with Gasteiger partial charge >= 0.3 is 12.1 Å². The maximum absolute atomic E-state index is 12.7. The van der Waals surface area contributed by atoms with Crippen LogP contribution in [-0.4, -0.2) is 67.8 Å². The van der Waals surface area contributed by atoms with E-state index in [1.54, 1.807) is 19.0 Å². The van der Waals surface area contributed by atoms with Gasteiger partial charge in [-0.2, -0.15) is 0 Å². The third kappa shape index (κ3) is 6.14. The first-order chi connectivity index (χ1) is 16.3. The van der Waals surface area contributed by atoms with Gasteiger partial charge in [-0.25, -0.2) is 4.79 Å². The molecule has 2 aromatic carbocycles. The maximum Gasteiger partial charge on any atom is 0.407 e. The molecule has 0 spiro atoms. The van der Waals surface area contributed by atoms with E-state index in [1.807, 2.05) is 43.3 Å². The van der Waals surface area contributed by atoms with Gasteiger partial charge in [0.05, 0.1) is 5.92 Å². The number of alkyl carbamates (subject to hydrolysis) is 1. The summed E-state index contributed by atoms with van der Waals surface area (Å²) in [5.41, 5.74) is 4.48. The Kier molecular flexibility index (Phi) is 8.65. The van der Waals surface area contributed by atoms with E-state index >= 15 is 0 Å². The number of rotatable bonds is 11. The summed E-state index contributed by atoms with van der Waals surface area (Å²) in [5, 5.41) is 14.6. The highest BCUT2D eigenvalue weighted by Crippen LogP contribution is 2.44. The molecule has 182 valence electrons. The van der Waals surface area contributed by atoms with E-state index in [0.29, 0.717) is 12.8 Å². The molecule has 0 aliphatic heterocycles. The number of benzene rings is 2. The average molecular weight is 468 g/mol. The van der Waals surface area contributed by atoms with Crippen molar-refractivity contribution in [1.29, 1.82) is 0 Å². The molecule has 0 radical (unpaired) electrons. The second kappa shape index (κ2) is 11.7. The number of likely N-dealkylation sites (N-methyl/N-ethyl adjacent to an activating group) is 1. The molecule has 8 heteroatoms. The number of amides is 2. The van der Waals surface area contributed by atoms with Crippen molar-refractivity contribution in [2.24, 2.45) is 5.92 Å². The minimum atomic E-state index is -0.948. The van der Waals surface area contributed by atoms with Crippen LogP contribution >= 0.6 is 0 Å². The predicted molar refractivity (Wildman–Crippen MR) is 130 cm³/mol. The maximum atomic E-state index is 12.7. The highest BCUT2D eigenvalue weighted by molar-refractivity contribution is 5.86. The molecular formula is C26H33N3O5. The van der Waals surface area contributed by atoms with Gasteiger partial charge in [0.1, 0.15) is 12.6 Å². The fourth-order valence-corrected chi connectivity index (χ4v) is 4.35. The third-order valence-electron chi connectivity index (χ3n) is 6.01. The van der Waals surface area contributed by atoms with Crippen molar-refractivity contribution in [2.45, 2.75) is 31.7 Å².